The van der Waals surface area contributed by atoms with Crippen LogP contribution in [0, 0.1) is 12.8 Å². The average molecular weight is 299 g/mol. The summed E-state index contributed by atoms with van der Waals surface area (Å²) in [5.74, 6) is -2.28. The van der Waals surface area contributed by atoms with Crippen LogP contribution in [0.5, 0.6) is 0 Å². The van der Waals surface area contributed by atoms with Crippen molar-refractivity contribution < 1.29 is 23.1 Å². The maximum atomic E-state index is 12.1. The summed E-state index contributed by atoms with van der Waals surface area (Å²) in [5.41, 5.74) is 0.887. The van der Waals surface area contributed by atoms with Gasteiger partial charge in [-0.25, -0.2) is 8.42 Å². The standard InChI is InChI=1S/C13H17NO5S/c1-3-10(8-15)12(13(16)17)14-20(18,19)11-6-4-9(2)5-7-11/h4-8,10,12,14H,3H2,1-2H3,(H,16,17)/t10-,12-/m0/s1. The van der Waals surface area contributed by atoms with Crippen LogP contribution in [0.1, 0.15) is 18.9 Å². The van der Waals surface area contributed by atoms with Gasteiger partial charge in [-0.05, 0) is 25.5 Å². The Morgan fingerprint density at radius 3 is 2.30 bits per heavy atom. The van der Waals surface area contributed by atoms with Crippen LogP contribution in [0.2, 0.25) is 0 Å². The van der Waals surface area contributed by atoms with Crippen molar-refractivity contribution in [1.82, 2.24) is 4.72 Å². The lowest BCUT2D eigenvalue weighted by Crippen LogP contribution is -2.46. The molecule has 0 heterocycles. The highest BCUT2D eigenvalue weighted by Crippen LogP contribution is 2.14. The molecule has 0 spiro atoms. The molecule has 0 fully saturated rings. The number of aliphatic carboxylic acids is 1. The van der Waals surface area contributed by atoms with Gasteiger partial charge in [0.1, 0.15) is 12.3 Å². The quantitative estimate of drug-likeness (QED) is 0.730. The van der Waals surface area contributed by atoms with Crippen LogP contribution in [0.4, 0.5) is 0 Å². The van der Waals surface area contributed by atoms with E-state index in [0.29, 0.717) is 6.29 Å². The molecular weight excluding hydrogens is 282 g/mol. The smallest absolute Gasteiger partial charge is 0.322 e. The van der Waals surface area contributed by atoms with Gasteiger partial charge < -0.3 is 9.90 Å². The van der Waals surface area contributed by atoms with Gasteiger partial charge in [0.2, 0.25) is 10.0 Å². The van der Waals surface area contributed by atoms with Crippen LogP contribution in [-0.4, -0.2) is 31.8 Å². The summed E-state index contributed by atoms with van der Waals surface area (Å²) < 4.78 is 26.3. The summed E-state index contributed by atoms with van der Waals surface area (Å²) in [5, 5.41) is 9.07. The molecule has 0 radical (unpaired) electrons. The zero-order valence-electron chi connectivity index (χ0n) is 11.2. The molecular formula is C13H17NO5S. The number of hydrogen-bond donors (Lipinski definition) is 2. The monoisotopic (exact) mass is 299 g/mol. The lowest BCUT2D eigenvalue weighted by atomic mass is 10.00. The highest BCUT2D eigenvalue weighted by Gasteiger charge is 2.31. The topological polar surface area (TPSA) is 101 Å². The van der Waals surface area contributed by atoms with E-state index in [2.05, 4.69) is 4.72 Å². The number of carbonyl (C=O) groups excluding carboxylic acids is 1. The van der Waals surface area contributed by atoms with E-state index in [-0.39, 0.29) is 11.3 Å². The van der Waals surface area contributed by atoms with E-state index >= 15 is 0 Å². The number of sulfonamides is 1. The van der Waals surface area contributed by atoms with Crippen LogP contribution in [-0.2, 0) is 19.6 Å². The number of aryl methyl sites for hydroxylation is 1. The number of hydrogen-bond acceptors (Lipinski definition) is 4. The highest BCUT2D eigenvalue weighted by molar-refractivity contribution is 7.89. The molecule has 2 atom stereocenters. The average Bonchev–Trinajstić information content (AvgIpc) is 2.39. The van der Waals surface area contributed by atoms with Crippen molar-refractivity contribution in [3.8, 4) is 0 Å². The highest BCUT2D eigenvalue weighted by atomic mass is 32.2. The third-order valence-corrected chi connectivity index (χ3v) is 4.41. The number of aldehydes is 1. The second kappa shape index (κ2) is 6.62. The zero-order valence-corrected chi connectivity index (χ0v) is 12.1. The summed E-state index contributed by atoms with van der Waals surface area (Å²) in [4.78, 5) is 22.0. The van der Waals surface area contributed by atoms with Gasteiger partial charge in [-0.2, -0.15) is 4.72 Å². The molecule has 6 nitrogen and oxygen atoms in total. The number of carboxylic acids is 1. The first-order valence-electron chi connectivity index (χ1n) is 6.09. The number of carboxylic acid groups (broad SMARTS) is 1. The van der Waals surface area contributed by atoms with E-state index < -0.39 is 28.0 Å². The fourth-order valence-electron chi connectivity index (χ4n) is 1.68. The Hall–Kier alpha value is -1.73. The summed E-state index contributed by atoms with van der Waals surface area (Å²) in [7, 11) is -3.98. The molecule has 0 aliphatic heterocycles. The van der Waals surface area contributed by atoms with Crippen molar-refractivity contribution in [2.45, 2.75) is 31.2 Å². The van der Waals surface area contributed by atoms with E-state index in [1.807, 2.05) is 6.92 Å². The van der Waals surface area contributed by atoms with Gasteiger partial charge in [0, 0.05) is 5.92 Å². The summed E-state index contributed by atoms with van der Waals surface area (Å²) in [6, 6.07) is 4.53. The number of nitrogens with one attached hydrogen (secondary N) is 1. The molecule has 110 valence electrons. The van der Waals surface area contributed by atoms with Crippen LogP contribution in [0.25, 0.3) is 0 Å². The summed E-state index contributed by atoms with van der Waals surface area (Å²) in [6.45, 7) is 3.43. The molecule has 0 unspecified atom stereocenters. The minimum atomic E-state index is -3.98. The second-order valence-electron chi connectivity index (χ2n) is 4.46. The van der Waals surface area contributed by atoms with E-state index in [9.17, 15) is 18.0 Å². The third kappa shape index (κ3) is 3.88. The summed E-state index contributed by atoms with van der Waals surface area (Å²) >= 11 is 0. The molecule has 0 aliphatic rings. The molecule has 0 saturated carbocycles. The lowest BCUT2D eigenvalue weighted by molar-refractivity contribution is -0.141. The Kier molecular flexibility index (Phi) is 5.41. The van der Waals surface area contributed by atoms with Crippen LogP contribution in [0.3, 0.4) is 0 Å². The van der Waals surface area contributed by atoms with E-state index in [1.165, 1.54) is 12.1 Å². The summed E-state index contributed by atoms with van der Waals surface area (Å²) in [6.07, 6.45) is 0.688. The van der Waals surface area contributed by atoms with E-state index in [1.54, 1.807) is 19.1 Å². The minimum absolute atomic E-state index is 0.0323. The maximum Gasteiger partial charge on any atom is 0.322 e. The van der Waals surface area contributed by atoms with Crippen molar-refractivity contribution in [3.63, 3.8) is 0 Å². The second-order valence-corrected chi connectivity index (χ2v) is 6.17. The molecule has 1 aromatic carbocycles. The van der Waals surface area contributed by atoms with E-state index in [0.717, 1.165) is 5.56 Å². The fraction of sp³-hybridized carbons (Fsp3) is 0.385. The van der Waals surface area contributed by atoms with Crippen molar-refractivity contribution in [2.75, 3.05) is 0 Å². The maximum absolute atomic E-state index is 12.1. The van der Waals surface area contributed by atoms with Gasteiger partial charge in [0.15, 0.2) is 0 Å². The zero-order chi connectivity index (χ0) is 15.3. The fourth-order valence-corrected chi connectivity index (χ4v) is 2.92. The Morgan fingerprint density at radius 2 is 1.90 bits per heavy atom. The van der Waals surface area contributed by atoms with Crippen LogP contribution in [0.15, 0.2) is 29.2 Å². The Balaban J connectivity index is 3.06. The predicted molar refractivity (Wildman–Crippen MR) is 72.8 cm³/mol. The van der Waals surface area contributed by atoms with E-state index in [4.69, 9.17) is 5.11 Å². The minimum Gasteiger partial charge on any atom is -0.480 e. The number of carbonyl (C=O) groups is 2. The van der Waals surface area contributed by atoms with Crippen molar-refractivity contribution in [3.05, 3.63) is 29.8 Å². The van der Waals surface area contributed by atoms with Crippen LogP contribution >= 0.6 is 0 Å². The van der Waals surface area contributed by atoms with Crippen molar-refractivity contribution >= 4 is 22.3 Å². The molecule has 0 aromatic heterocycles. The molecule has 7 heteroatoms. The first kappa shape index (κ1) is 16.3. The molecule has 0 aliphatic carbocycles. The van der Waals surface area contributed by atoms with Gasteiger partial charge in [0.25, 0.3) is 0 Å². The van der Waals surface area contributed by atoms with Crippen LogP contribution < -0.4 is 4.72 Å². The molecule has 0 bridgehead atoms. The molecule has 1 aromatic rings. The first-order valence-corrected chi connectivity index (χ1v) is 7.57. The van der Waals surface area contributed by atoms with Crippen molar-refractivity contribution in [1.29, 1.82) is 0 Å². The Bertz CT molecular complexity index is 579. The SMILES string of the molecule is CC[C@@H](C=O)[C@H](NS(=O)(=O)c1ccc(C)cc1)C(=O)O. The van der Waals surface area contributed by atoms with Crippen molar-refractivity contribution in [2.24, 2.45) is 5.92 Å². The normalized spacial score (nSPS) is 14.5. The molecule has 0 saturated heterocycles. The Labute approximate surface area is 117 Å². The van der Waals surface area contributed by atoms with Gasteiger partial charge in [-0.1, -0.05) is 24.6 Å². The largest absolute Gasteiger partial charge is 0.480 e. The predicted octanol–water partition coefficient (Wildman–Crippen LogP) is 0.952. The molecule has 1 rings (SSSR count). The van der Waals surface area contributed by atoms with Gasteiger partial charge in [-0.3, -0.25) is 4.79 Å². The number of rotatable bonds is 7. The van der Waals surface area contributed by atoms with Gasteiger partial charge >= 0.3 is 5.97 Å². The Morgan fingerprint density at radius 1 is 1.35 bits per heavy atom. The lowest BCUT2D eigenvalue weighted by Gasteiger charge is -2.19. The molecule has 2 N–H and O–H groups in total. The third-order valence-electron chi connectivity index (χ3n) is 2.95. The van der Waals surface area contributed by atoms with Gasteiger partial charge in [0.05, 0.1) is 4.90 Å². The van der Waals surface area contributed by atoms with Gasteiger partial charge in [-0.15, -0.1) is 0 Å². The first-order chi connectivity index (χ1) is 9.31. The number of benzene rings is 1. The molecule has 20 heavy (non-hydrogen) atoms. The molecule has 0 amide bonds.